The van der Waals surface area contributed by atoms with Gasteiger partial charge in [-0.25, -0.2) is 8.42 Å². The van der Waals surface area contributed by atoms with Crippen LogP contribution in [-0.2, 0) is 19.5 Å². The Morgan fingerprint density at radius 2 is 2.05 bits per heavy atom. The summed E-state index contributed by atoms with van der Waals surface area (Å²) in [5.41, 5.74) is 0. The first-order valence-electron chi connectivity index (χ1n) is 6.10. The summed E-state index contributed by atoms with van der Waals surface area (Å²) in [6.07, 6.45) is 0. The van der Waals surface area contributed by atoms with E-state index in [4.69, 9.17) is 9.47 Å². The van der Waals surface area contributed by atoms with Crippen molar-refractivity contribution in [3.05, 3.63) is 14.7 Å². The molecule has 8 heteroatoms. The summed E-state index contributed by atoms with van der Waals surface area (Å²) in [6.45, 7) is 4.62. The van der Waals surface area contributed by atoms with Gasteiger partial charge in [-0.2, -0.15) is 4.31 Å². The predicted octanol–water partition coefficient (Wildman–Crippen LogP) is 2.49. The highest BCUT2D eigenvalue weighted by atomic mass is 79.9. The van der Waals surface area contributed by atoms with Crippen LogP contribution in [0, 0.1) is 6.92 Å². The molecule has 0 saturated carbocycles. The quantitative estimate of drug-likeness (QED) is 0.689. The molecule has 0 aliphatic rings. The largest absolute Gasteiger partial charge is 0.383 e. The van der Waals surface area contributed by atoms with Crippen LogP contribution in [0.1, 0.15) is 11.8 Å². The van der Waals surface area contributed by atoms with Crippen molar-refractivity contribution in [2.24, 2.45) is 0 Å². The SMILES string of the molecule is COCCN(C(C)COC)S(=O)(=O)c1cc(Br)sc1C. The van der Waals surface area contributed by atoms with Gasteiger partial charge in [-0.3, -0.25) is 0 Å². The van der Waals surface area contributed by atoms with Gasteiger partial charge < -0.3 is 9.47 Å². The highest BCUT2D eigenvalue weighted by molar-refractivity contribution is 9.11. The summed E-state index contributed by atoms with van der Waals surface area (Å²) < 4.78 is 37.9. The molecular formula is C12H20BrNO4S2. The monoisotopic (exact) mass is 385 g/mol. The molecule has 0 saturated heterocycles. The van der Waals surface area contributed by atoms with E-state index < -0.39 is 10.0 Å². The van der Waals surface area contributed by atoms with Crippen LogP contribution in [0.2, 0.25) is 0 Å². The first-order chi connectivity index (χ1) is 9.34. The fraction of sp³-hybridized carbons (Fsp3) is 0.667. The molecule has 0 N–H and O–H groups in total. The summed E-state index contributed by atoms with van der Waals surface area (Å²) in [6, 6.07) is 1.40. The summed E-state index contributed by atoms with van der Waals surface area (Å²) in [7, 11) is -0.437. The zero-order chi connectivity index (χ0) is 15.3. The molecule has 1 rings (SSSR count). The van der Waals surface area contributed by atoms with E-state index in [-0.39, 0.29) is 6.04 Å². The molecule has 1 aromatic heterocycles. The second-order valence-electron chi connectivity index (χ2n) is 4.38. The third kappa shape index (κ3) is 4.25. The van der Waals surface area contributed by atoms with E-state index in [0.29, 0.717) is 24.7 Å². The lowest BCUT2D eigenvalue weighted by Gasteiger charge is -2.27. The molecule has 0 amide bonds. The molecule has 0 bridgehead atoms. The molecule has 1 atom stereocenters. The normalized spacial score (nSPS) is 13.9. The molecule has 5 nitrogen and oxygen atoms in total. The maximum Gasteiger partial charge on any atom is 0.244 e. The average Bonchev–Trinajstić information content (AvgIpc) is 2.69. The number of halogens is 1. The molecule has 0 aromatic carbocycles. The van der Waals surface area contributed by atoms with E-state index in [1.165, 1.54) is 15.6 Å². The minimum Gasteiger partial charge on any atom is -0.383 e. The molecule has 0 radical (unpaired) electrons. The molecule has 20 heavy (non-hydrogen) atoms. The summed E-state index contributed by atoms with van der Waals surface area (Å²) >= 11 is 4.74. The predicted molar refractivity (Wildman–Crippen MR) is 83.9 cm³/mol. The van der Waals surface area contributed by atoms with E-state index in [9.17, 15) is 8.42 Å². The Hall–Kier alpha value is 0.01000. The van der Waals surface area contributed by atoms with Gasteiger partial charge in [0.25, 0.3) is 0 Å². The smallest absolute Gasteiger partial charge is 0.244 e. The minimum absolute atomic E-state index is 0.252. The second kappa shape index (κ2) is 7.86. The highest BCUT2D eigenvalue weighted by Gasteiger charge is 2.31. The number of ether oxygens (including phenoxy) is 2. The molecule has 0 fully saturated rings. The Labute approximate surface area is 133 Å². The Bertz CT molecular complexity index is 530. The minimum atomic E-state index is -3.55. The lowest BCUT2D eigenvalue weighted by Crippen LogP contribution is -2.42. The zero-order valence-corrected chi connectivity index (χ0v) is 15.3. The van der Waals surface area contributed by atoms with Crippen molar-refractivity contribution in [3.8, 4) is 0 Å². The van der Waals surface area contributed by atoms with E-state index >= 15 is 0 Å². The van der Waals surface area contributed by atoms with Gasteiger partial charge in [0.2, 0.25) is 10.0 Å². The van der Waals surface area contributed by atoms with E-state index in [0.717, 1.165) is 8.66 Å². The third-order valence-corrected chi connectivity index (χ3v) is 6.67. The van der Waals surface area contributed by atoms with Crippen LogP contribution in [0.3, 0.4) is 0 Å². The van der Waals surface area contributed by atoms with Crippen molar-refractivity contribution < 1.29 is 17.9 Å². The standard InChI is InChI=1S/C12H20BrNO4S2/c1-9(8-18-4)14(5-6-17-3)20(15,16)11-7-12(13)19-10(11)2/h7,9H,5-6,8H2,1-4H3. The molecular weight excluding hydrogens is 366 g/mol. The molecule has 1 unspecified atom stereocenters. The number of hydrogen-bond acceptors (Lipinski definition) is 5. The number of thiophene rings is 1. The molecule has 1 aromatic rings. The number of aryl methyl sites for hydroxylation is 1. The second-order valence-corrected chi connectivity index (χ2v) is 8.88. The van der Waals surface area contributed by atoms with Crippen molar-refractivity contribution in [1.82, 2.24) is 4.31 Å². The molecule has 0 aliphatic heterocycles. The fourth-order valence-electron chi connectivity index (χ4n) is 1.90. The van der Waals surface area contributed by atoms with Crippen LogP contribution in [0.25, 0.3) is 0 Å². The summed E-state index contributed by atoms with van der Waals surface area (Å²) in [5.74, 6) is 0. The zero-order valence-electron chi connectivity index (χ0n) is 12.1. The van der Waals surface area contributed by atoms with Gasteiger partial charge in [0.1, 0.15) is 0 Å². The average molecular weight is 386 g/mol. The lowest BCUT2D eigenvalue weighted by molar-refractivity contribution is 0.119. The maximum atomic E-state index is 12.8. The van der Waals surface area contributed by atoms with Crippen LogP contribution in [0.5, 0.6) is 0 Å². The lowest BCUT2D eigenvalue weighted by atomic mass is 10.3. The highest BCUT2D eigenvalue weighted by Crippen LogP contribution is 2.32. The van der Waals surface area contributed by atoms with Gasteiger partial charge in [-0.1, -0.05) is 0 Å². The maximum absolute atomic E-state index is 12.8. The fourth-order valence-corrected chi connectivity index (χ4v) is 5.88. The van der Waals surface area contributed by atoms with Gasteiger partial charge in [-0.05, 0) is 35.8 Å². The van der Waals surface area contributed by atoms with Crippen molar-refractivity contribution in [2.45, 2.75) is 24.8 Å². The van der Waals surface area contributed by atoms with Crippen LogP contribution >= 0.6 is 27.3 Å². The van der Waals surface area contributed by atoms with Crippen LogP contribution < -0.4 is 0 Å². The van der Waals surface area contributed by atoms with Crippen LogP contribution in [0.4, 0.5) is 0 Å². The number of sulfonamides is 1. The topological polar surface area (TPSA) is 55.8 Å². The number of hydrogen-bond donors (Lipinski definition) is 0. The van der Waals surface area contributed by atoms with Gasteiger partial charge in [0.05, 0.1) is 21.9 Å². The first kappa shape index (κ1) is 18.1. The first-order valence-corrected chi connectivity index (χ1v) is 9.15. The van der Waals surface area contributed by atoms with Gasteiger partial charge in [0, 0.05) is 31.7 Å². The van der Waals surface area contributed by atoms with Crippen molar-refractivity contribution in [3.63, 3.8) is 0 Å². The van der Waals surface area contributed by atoms with Crippen molar-refractivity contribution in [2.75, 3.05) is 34.0 Å². The Morgan fingerprint density at radius 3 is 2.50 bits per heavy atom. The van der Waals surface area contributed by atoms with Gasteiger partial charge in [-0.15, -0.1) is 11.3 Å². The molecule has 116 valence electrons. The Balaban J connectivity index is 3.13. The molecule has 1 heterocycles. The van der Waals surface area contributed by atoms with Crippen molar-refractivity contribution >= 4 is 37.3 Å². The summed E-state index contributed by atoms with van der Waals surface area (Å²) in [4.78, 5) is 1.11. The Morgan fingerprint density at radius 1 is 1.40 bits per heavy atom. The van der Waals surface area contributed by atoms with Crippen LogP contribution in [-0.4, -0.2) is 52.7 Å². The molecule has 0 aliphatic carbocycles. The van der Waals surface area contributed by atoms with Crippen LogP contribution in [0.15, 0.2) is 14.7 Å². The number of nitrogens with zero attached hydrogens (tertiary/aromatic N) is 1. The molecule has 0 spiro atoms. The van der Waals surface area contributed by atoms with E-state index in [2.05, 4.69) is 15.9 Å². The van der Waals surface area contributed by atoms with Gasteiger partial charge >= 0.3 is 0 Å². The number of rotatable bonds is 8. The number of methoxy groups -OCH3 is 2. The van der Waals surface area contributed by atoms with Gasteiger partial charge in [0.15, 0.2) is 0 Å². The Kier molecular flexibility index (Phi) is 7.10. The van der Waals surface area contributed by atoms with Crippen molar-refractivity contribution in [1.29, 1.82) is 0 Å². The van der Waals surface area contributed by atoms with E-state index in [1.807, 2.05) is 6.92 Å². The third-order valence-electron chi connectivity index (χ3n) is 2.84. The van der Waals surface area contributed by atoms with E-state index in [1.54, 1.807) is 27.2 Å². The summed E-state index contributed by atoms with van der Waals surface area (Å²) in [5, 5.41) is 0.